The molecule has 1 aliphatic rings. The number of carboxylic acids is 1. The van der Waals surface area contributed by atoms with Crippen LogP contribution >= 0.6 is 0 Å². The van der Waals surface area contributed by atoms with Crippen LogP contribution in [0.15, 0.2) is 24.3 Å². The Kier molecular flexibility index (Phi) is 5.16. The molecule has 1 heterocycles. The van der Waals surface area contributed by atoms with Crippen LogP contribution in [0.5, 0.6) is 0 Å². The maximum absolute atomic E-state index is 12.7. The Balaban J connectivity index is 2.20. The fourth-order valence-corrected chi connectivity index (χ4v) is 2.46. The summed E-state index contributed by atoms with van der Waals surface area (Å²) in [5.41, 5.74) is 6.98. The lowest BCUT2D eigenvalue weighted by molar-refractivity contribution is -0.136. The van der Waals surface area contributed by atoms with Crippen LogP contribution < -0.4 is 10.6 Å². The predicted octanol–water partition coefficient (Wildman–Crippen LogP) is 1.50. The standard InChI is InChI=1S/C15H20N2O4/c16-12-3-1-2-4-13(12)17(8-5-14(18)19)15(20)11-6-9-21-10-7-11/h1-4,11H,5-10,16H2,(H,18,19). The molecule has 3 N–H and O–H groups in total. The molecule has 2 rings (SSSR count). The van der Waals surface area contributed by atoms with Gasteiger partial charge in [0.15, 0.2) is 0 Å². The fourth-order valence-electron chi connectivity index (χ4n) is 2.46. The van der Waals surface area contributed by atoms with E-state index in [1.165, 1.54) is 4.90 Å². The molecular formula is C15H20N2O4. The highest BCUT2D eigenvalue weighted by Crippen LogP contribution is 2.27. The van der Waals surface area contributed by atoms with Crippen LogP contribution in [0.1, 0.15) is 19.3 Å². The molecule has 1 aromatic carbocycles. The van der Waals surface area contributed by atoms with Gasteiger partial charge in [-0.25, -0.2) is 0 Å². The van der Waals surface area contributed by atoms with E-state index in [4.69, 9.17) is 15.6 Å². The lowest BCUT2D eigenvalue weighted by Crippen LogP contribution is -2.40. The molecule has 1 saturated heterocycles. The second-order valence-corrected chi connectivity index (χ2v) is 5.08. The summed E-state index contributed by atoms with van der Waals surface area (Å²) in [5, 5.41) is 8.88. The van der Waals surface area contributed by atoms with Gasteiger partial charge >= 0.3 is 5.97 Å². The average molecular weight is 292 g/mol. The zero-order valence-corrected chi connectivity index (χ0v) is 11.8. The largest absolute Gasteiger partial charge is 0.481 e. The second kappa shape index (κ2) is 7.08. The molecule has 1 fully saturated rings. The molecule has 6 nitrogen and oxygen atoms in total. The molecule has 1 aromatic rings. The van der Waals surface area contributed by atoms with E-state index < -0.39 is 5.97 Å². The zero-order valence-electron chi connectivity index (χ0n) is 11.8. The number of ether oxygens (including phenoxy) is 1. The average Bonchev–Trinajstić information content (AvgIpc) is 2.49. The van der Waals surface area contributed by atoms with Crippen molar-refractivity contribution in [3.8, 4) is 0 Å². The minimum absolute atomic E-state index is 0.0718. The number of hydrogen-bond donors (Lipinski definition) is 2. The molecule has 6 heteroatoms. The molecule has 0 aliphatic carbocycles. The van der Waals surface area contributed by atoms with Gasteiger partial charge in [0.25, 0.3) is 0 Å². The highest BCUT2D eigenvalue weighted by molar-refractivity contribution is 5.98. The number of carbonyl (C=O) groups is 2. The Labute approximate surface area is 123 Å². The smallest absolute Gasteiger partial charge is 0.305 e. The number of nitrogens with zero attached hydrogens (tertiary/aromatic N) is 1. The monoisotopic (exact) mass is 292 g/mol. The molecule has 0 unspecified atom stereocenters. The van der Waals surface area contributed by atoms with E-state index in [2.05, 4.69) is 0 Å². The number of benzene rings is 1. The Morgan fingerprint density at radius 1 is 1.29 bits per heavy atom. The molecule has 0 spiro atoms. The number of nitrogen functional groups attached to an aromatic ring is 1. The zero-order chi connectivity index (χ0) is 15.2. The van der Waals surface area contributed by atoms with E-state index >= 15 is 0 Å². The van der Waals surface area contributed by atoms with Gasteiger partial charge in [-0.3, -0.25) is 9.59 Å². The van der Waals surface area contributed by atoms with Crippen molar-refractivity contribution in [2.24, 2.45) is 5.92 Å². The number of rotatable bonds is 5. The lowest BCUT2D eigenvalue weighted by atomic mass is 9.98. The Morgan fingerprint density at radius 2 is 1.95 bits per heavy atom. The molecule has 114 valence electrons. The Hall–Kier alpha value is -2.08. The van der Waals surface area contributed by atoms with Crippen LogP contribution in [-0.4, -0.2) is 36.7 Å². The quantitative estimate of drug-likeness (QED) is 0.802. The topological polar surface area (TPSA) is 92.9 Å². The van der Waals surface area contributed by atoms with Crippen molar-refractivity contribution < 1.29 is 19.4 Å². The first kappa shape index (κ1) is 15.3. The minimum Gasteiger partial charge on any atom is -0.481 e. The summed E-state index contributed by atoms with van der Waals surface area (Å²) >= 11 is 0. The van der Waals surface area contributed by atoms with E-state index in [-0.39, 0.29) is 24.8 Å². The summed E-state index contributed by atoms with van der Waals surface area (Å²) in [5.74, 6) is -1.14. The van der Waals surface area contributed by atoms with Gasteiger partial charge in [-0.05, 0) is 25.0 Å². The molecule has 0 aromatic heterocycles. The maximum atomic E-state index is 12.7. The molecule has 0 saturated carbocycles. The first-order valence-corrected chi connectivity index (χ1v) is 7.05. The van der Waals surface area contributed by atoms with E-state index in [1.54, 1.807) is 24.3 Å². The number of anilines is 2. The SMILES string of the molecule is Nc1ccccc1N(CCC(=O)O)C(=O)C1CCOCC1. The molecule has 0 atom stereocenters. The molecule has 21 heavy (non-hydrogen) atoms. The Morgan fingerprint density at radius 3 is 2.57 bits per heavy atom. The highest BCUT2D eigenvalue weighted by Gasteiger charge is 2.28. The summed E-state index contributed by atoms with van der Waals surface area (Å²) in [4.78, 5) is 25.0. The Bertz CT molecular complexity index is 512. The summed E-state index contributed by atoms with van der Waals surface area (Å²) < 4.78 is 5.27. The predicted molar refractivity (Wildman–Crippen MR) is 79.0 cm³/mol. The maximum Gasteiger partial charge on any atom is 0.305 e. The van der Waals surface area contributed by atoms with Crippen molar-refractivity contribution in [1.82, 2.24) is 0 Å². The minimum atomic E-state index is -0.936. The van der Waals surface area contributed by atoms with Crippen LogP contribution in [0.25, 0.3) is 0 Å². The van der Waals surface area contributed by atoms with Gasteiger partial charge in [0.1, 0.15) is 0 Å². The molecular weight excluding hydrogens is 272 g/mol. The summed E-state index contributed by atoms with van der Waals surface area (Å²) in [6.45, 7) is 1.25. The van der Waals surface area contributed by atoms with Crippen molar-refractivity contribution in [2.45, 2.75) is 19.3 Å². The fraction of sp³-hybridized carbons (Fsp3) is 0.467. The van der Waals surface area contributed by atoms with Crippen LogP contribution in [0.2, 0.25) is 0 Å². The van der Waals surface area contributed by atoms with Gasteiger partial charge in [0, 0.05) is 25.7 Å². The highest BCUT2D eigenvalue weighted by atomic mass is 16.5. The van der Waals surface area contributed by atoms with E-state index in [0.717, 1.165) is 0 Å². The van der Waals surface area contributed by atoms with Crippen molar-refractivity contribution >= 4 is 23.3 Å². The molecule has 1 amide bonds. The van der Waals surface area contributed by atoms with Gasteiger partial charge in [0.2, 0.25) is 5.91 Å². The first-order valence-electron chi connectivity index (χ1n) is 7.05. The third-order valence-corrected chi connectivity index (χ3v) is 3.61. The third kappa shape index (κ3) is 3.95. The number of carboxylic acid groups (broad SMARTS) is 1. The van der Waals surface area contributed by atoms with Crippen LogP contribution in [0, 0.1) is 5.92 Å². The number of carbonyl (C=O) groups excluding carboxylic acids is 1. The van der Waals surface area contributed by atoms with Crippen molar-refractivity contribution in [3.05, 3.63) is 24.3 Å². The van der Waals surface area contributed by atoms with Crippen LogP contribution in [0.4, 0.5) is 11.4 Å². The van der Waals surface area contributed by atoms with E-state index in [0.29, 0.717) is 37.4 Å². The number of nitrogens with two attached hydrogens (primary N) is 1. The van der Waals surface area contributed by atoms with Crippen molar-refractivity contribution in [2.75, 3.05) is 30.4 Å². The number of aliphatic carboxylic acids is 1. The number of para-hydroxylation sites is 2. The normalized spacial score (nSPS) is 15.6. The molecule has 0 bridgehead atoms. The summed E-state index contributed by atoms with van der Waals surface area (Å²) in [6, 6.07) is 7.03. The molecule has 0 radical (unpaired) electrons. The summed E-state index contributed by atoms with van der Waals surface area (Å²) in [7, 11) is 0. The van der Waals surface area contributed by atoms with Crippen molar-refractivity contribution in [3.63, 3.8) is 0 Å². The second-order valence-electron chi connectivity index (χ2n) is 5.08. The van der Waals surface area contributed by atoms with Gasteiger partial charge in [0.05, 0.1) is 17.8 Å². The first-order chi connectivity index (χ1) is 10.1. The van der Waals surface area contributed by atoms with Crippen LogP contribution in [0.3, 0.4) is 0 Å². The summed E-state index contributed by atoms with van der Waals surface area (Å²) in [6.07, 6.45) is 1.22. The number of amides is 1. The third-order valence-electron chi connectivity index (χ3n) is 3.61. The van der Waals surface area contributed by atoms with Crippen molar-refractivity contribution in [1.29, 1.82) is 0 Å². The van der Waals surface area contributed by atoms with Gasteiger partial charge in [-0.1, -0.05) is 12.1 Å². The van der Waals surface area contributed by atoms with E-state index in [1.807, 2.05) is 0 Å². The lowest BCUT2D eigenvalue weighted by Gasteiger charge is -2.30. The molecule has 1 aliphatic heterocycles. The van der Waals surface area contributed by atoms with Crippen LogP contribution in [-0.2, 0) is 14.3 Å². The van der Waals surface area contributed by atoms with Gasteiger partial charge in [-0.15, -0.1) is 0 Å². The van der Waals surface area contributed by atoms with E-state index in [9.17, 15) is 9.59 Å². The van der Waals surface area contributed by atoms with Gasteiger partial charge in [-0.2, -0.15) is 0 Å². The number of hydrogen-bond acceptors (Lipinski definition) is 4. The van der Waals surface area contributed by atoms with Gasteiger partial charge < -0.3 is 20.5 Å².